The number of halogens is 2. The molecule has 0 radical (unpaired) electrons. The average Bonchev–Trinajstić information content (AvgIpc) is 2.93. The number of pyridine rings is 1. The van der Waals surface area contributed by atoms with Gasteiger partial charge in [0.05, 0.1) is 5.02 Å². The van der Waals surface area contributed by atoms with Gasteiger partial charge in [-0.25, -0.2) is 9.37 Å². The number of benzene rings is 1. The first-order valence-corrected chi connectivity index (χ1v) is 7.57. The number of hydrogen-bond acceptors (Lipinski definition) is 4. The monoisotopic (exact) mass is 321 g/mol. The molecule has 116 valence electrons. The van der Waals surface area contributed by atoms with Crippen LogP contribution in [0.3, 0.4) is 0 Å². The molecule has 4 nitrogen and oxygen atoms in total. The fourth-order valence-electron chi connectivity index (χ4n) is 2.73. The van der Waals surface area contributed by atoms with Crippen molar-refractivity contribution in [1.82, 2.24) is 10.3 Å². The minimum Gasteiger partial charge on any atom is -0.508 e. The van der Waals surface area contributed by atoms with E-state index in [0.717, 1.165) is 37.0 Å². The number of nitrogens with zero attached hydrogens (tertiary/aromatic N) is 2. The van der Waals surface area contributed by atoms with Gasteiger partial charge in [0.2, 0.25) is 0 Å². The van der Waals surface area contributed by atoms with E-state index >= 15 is 0 Å². The highest BCUT2D eigenvalue weighted by molar-refractivity contribution is 6.32. The van der Waals surface area contributed by atoms with Crippen molar-refractivity contribution in [3.8, 4) is 5.75 Å². The van der Waals surface area contributed by atoms with E-state index in [1.807, 2.05) is 12.1 Å². The van der Waals surface area contributed by atoms with E-state index in [-0.39, 0.29) is 11.8 Å². The predicted molar refractivity (Wildman–Crippen MR) is 84.8 cm³/mol. The van der Waals surface area contributed by atoms with E-state index in [9.17, 15) is 9.50 Å². The third kappa shape index (κ3) is 3.48. The van der Waals surface area contributed by atoms with Crippen LogP contribution in [0, 0.1) is 5.82 Å². The number of phenols is 1. The molecule has 1 fully saturated rings. The summed E-state index contributed by atoms with van der Waals surface area (Å²) in [5.74, 6) is 0.326. The summed E-state index contributed by atoms with van der Waals surface area (Å²) in [7, 11) is 0. The molecule has 0 amide bonds. The molecule has 3 rings (SSSR count). The third-order valence-electron chi connectivity index (χ3n) is 3.76. The summed E-state index contributed by atoms with van der Waals surface area (Å²) in [5.41, 5.74) is 0.729. The molecular formula is C16H17ClFN3O. The highest BCUT2D eigenvalue weighted by Crippen LogP contribution is 2.26. The van der Waals surface area contributed by atoms with E-state index in [2.05, 4.69) is 15.2 Å². The van der Waals surface area contributed by atoms with Crippen LogP contribution in [0.15, 0.2) is 36.5 Å². The van der Waals surface area contributed by atoms with Gasteiger partial charge in [0.1, 0.15) is 17.4 Å². The molecule has 0 aliphatic carbocycles. The topological polar surface area (TPSA) is 48.4 Å². The van der Waals surface area contributed by atoms with Crippen LogP contribution in [-0.2, 0) is 6.54 Å². The largest absolute Gasteiger partial charge is 0.508 e. The van der Waals surface area contributed by atoms with Crippen LogP contribution < -0.4 is 10.2 Å². The quantitative estimate of drug-likeness (QED) is 0.909. The van der Waals surface area contributed by atoms with Crippen molar-refractivity contribution >= 4 is 17.4 Å². The number of aromatic nitrogens is 1. The second-order valence-electron chi connectivity index (χ2n) is 5.44. The van der Waals surface area contributed by atoms with Crippen LogP contribution in [0.5, 0.6) is 5.75 Å². The first-order chi connectivity index (χ1) is 10.6. The van der Waals surface area contributed by atoms with Crippen molar-refractivity contribution in [2.45, 2.75) is 19.0 Å². The van der Waals surface area contributed by atoms with Gasteiger partial charge in [0, 0.05) is 37.9 Å². The van der Waals surface area contributed by atoms with Crippen molar-refractivity contribution in [1.29, 1.82) is 0 Å². The zero-order valence-corrected chi connectivity index (χ0v) is 12.7. The molecule has 2 aromatic rings. The van der Waals surface area contributed by atoms with Gasteiger partial charge >= 0.3 is 0 Å². The summed E-state index contributed by atoms with van der Waals surface area (Å²) in [6.45, 7) is 2.20. The highest BCUT2D eigenvalue weighted by Gasteiger charge is 2.24. The lowest BCUT2D eigenvalue weighted by atomic mass is 10.2. The molecule has 0 bridgehead atoms. The lowest BCUT2D eigenvalue weighted by molar-refractivity contribution is 0.466. The number of rotatable bonds is 4. The number of phenolic OH excluding ortho intramolecular Hbond substituents is 1. The second kappa shape index (κ2) is 6.50. The summed E-state index contributed by atoms with van der Waals surface area (Å²) in [5, 5.41) is 13.4. The van der Waals surface area contributed by atoms with Gasteiger partial charge in [-0.3, -0.25) is 0 Å². The van der Waals surface area contributed by atoms with Crippen LogP contribution in [0.1, 0.15) is 12.0 Å². The van der Waals surface area contributed by atoms with Gasteiger partial charge in [-0.05, 0) is 36.2 Å². The zero-order chi connectivity index (χ0) is 15.5. The molecule has 6 heteroatoms. The van der Waals surface area contributed by atoms with Gasteiger partial charge in [-0.1, -0.05) is 11.6 Å². The molecule has 1 saturated heterocycles. The molecule has 1 unspecified atom stereocenters. The normalized spacial score (nSPS) is 17.9. The fraction of sp³-hybridized carbons (Fsp3) is 0.312. The van der Waals surface area contributed by atoms with E-state index in [1.165, 1.54) is 6.07 Å². The van der Waals surface area contributed by atoms with Crippen molar-refractivity contribution in [3.63, 3.8) is 0 Å². The third-order valence-corrected chi connectivity index (χ3v) is 4.06. The van der Waals surface area contributed by atoms with E-state index < -0.39 is 5.82 Å². The van der Waals surface area contributed by atoms with E-state index in [1.54, 1.807) is 12.3 Å². The molecular weight excluding hydrogens is 305 g/mol. The summed E-state index contributed by atoms with van der Waals surface area (Å²) >= 11 is 6.17. The SMILES string of the molecule is Oc1cc(F)cc(CNC2CCN(c3ncccc3Cl)C2)c1. The van der Waals surface area contributed by atoms with Crippen molar-refractivity contribution in [2.75, 3.05) is 18.0 Å². The molecule has 22 heavy (non-hydrogen) atoms. The number of nitrogens with one attached hydrogen (secondary N) is 1. The van der Waals surface area contributed by atoms with Crippen LogP contribution >= 0.6 is 11.6 Å². The van der Waals surface area contributed by atoms with Crippen LogP contribution in [0.25, 0.3) is 0 Å². The average molecular weight is 322 g/mol. The Hall–Kier alpha value is -1.85. The molecule has 2 heterocycles. The van der Waals surface area contributed by atoms with Gasteiger partial charge in [0.25, 0.3) is 0 Å². The molecule has 1 atom stereocenters. The Labute approximate surface area is 133 Å². The molecule has 0 saturated carbocycles. The second-order valence-corrected chi connectivity index (χ2v) is 5.85. The Morgan fingerprint density at radius 3 is 3.05 bits per heavy atom. The Kier molecular flexibility index (Phi) is 4.45. The Morgan fingerprint density at radius 2 is 2.27 bits per heavy atom. The van der Waals surface area contributed by atoms with Crippen molar-refractivity contribution < 1.29 is 9.50 Å². The van der Waals surface area contributed by atoms with Crippen LogP contribution in [0.4, 0.5) is 10.2 Å². The Balaban J connectivity index is 1.58. The van der Waals surface area contributed by atoms with Crippen LogP contribution in [-0.4, -0.2) is 29.2 Å². The van der Waals surface area contributed by atoms with E-state index in [4.69, 9.17) is 11.6 Å². The molecule has 1 aromatic carbocycles. The highest BCUT2D eigenvalue weighted by atomic mass is 35.5. The first-order valence-electron chi connectivity index (χ1n) is 7.19. The van der Waals surface area contributed by atoms with E-state index in [0.29, 0.717) is 11.6 Å². The maximum Gasteiger partial charge on any atom is 0.147 e. The maximum absolute atomic E-state index is 13.2. The molecule has 0 spiro atoms. The summed E-state index contributed by atoms with van der Waals surface area (Å²) in [6.07, 6.45) is 2.70. The number of anilines is 1. The smallest absolute Gasteiger partial charge is 0.147 e. The van der Waals surface area contributed by atoms with Gasteiger partial charge < -0.3 is 15.3 Å². The van der Waals surface area contributed by atoms with Crippen molar-refractivity contribution in [2.24, 2.45) is 0 Å². The summed E-state index contributed by atoms with van der Waals surface area (Å²) in [4.78, 5) is 6.46. The van der Waals surface area contributed by atoms with Crippen molar-refractivity contribution in [3.05, 3.63) is 52.9 Å². The molecule has 1 aromatic heterocycles. The first kappa shape index (κ1) is 15.1. The fourth-order valence-corrected chi connectivity index (χ4v) is 2.97. The molecule has 1 aliphatic heterocycles. The predicted octanol–water partition coefficient (Wildman–Crippen LogP) is 2.95. The van der Waals surface area contributed by atoms with Gasteiger partial charge in [-0.2, -0.15) is 0 Å². The van der Waals surface area contributed by atoms with Gasteiger partial charge in [-0.15, -0.1) is 0 Å². The summed E-state index contributed by atoms with van der Waals surface area (Å²) in [6, 6.07) is 8.02. The van der Waals surface area contributed by atoms with Crippen LogP contribution in [0.2, 0.25) is 5.02 Å². The zero-order valence-electron chi connectivity index (χ0n) is 12.0. The number of aromatic hydroxyl groups is 1. The standard InChI is InChI=1S/C16H17ClFN3O/c17-15-2-1-4-19-16(15)21-5-3-13(10-21)20-9-11-6-12(18)8-14(22)7-11/h1-2,4,6-8,13,20,22H,3,5,9-10H2. The lowest BCUT2D eigenvalue weighted by Gasteiger charge is -2.19. The minimum absolute atomic E-state index is 0.0508. The summed E-state index contributed by atoms with van der Waals surface area (Å²) < 4.78 is 13.2. The Bertz CT molecular complexity index is 647. The minimum atomic E-state index is -0.426. The molecule has 1 aliphatic rings. The molecule has 2 N–H and O–H groups in total. The number of hydrogen-bond donors (Lipinski definition) is 2. The Morgan fingerprint density at radius 1 is 1.41 bits per heavy atom. The lowest BCUT2D eigenvalue weighted by Crippen LogP contribution is -2.32. The maximum atomic E-state index is 13.2. The van der Waals surface area contributed by atoms with Gasteiger partial charge in [0.15, 0.2) is 0 Å².